The van der Waals surface area contributed by atoms with Gasteiger partial charge in [-0.15, -0.1) is 0 Å². The third kappa shape index (κ3) is 8.15. The molecule has 0 bridgehead atoms. The molecule has 8 nitrogen and oxygen atoms in total. The lowest BCUT2D eigenvalue weighted by Crippen LogP contribution is -2.55. The number of carboxylic acid groups (broad SMARTS) is 1. The Bertz CT molecular complexity index is 754. The predicted molar refractivity (Wildman–Crippen MR) is 77.9 cm³/mol. The van der Waals surface area contributed by atoms with Gasteiger partial charge in [-0.3, -0.25) is 18.9 Å². The van der Waals surface area contributed by atoms with Gasteiger partial charge < -0.3 is 9.84 Å². The molecule has 0 aromatic carbocycles. The molecule has 0 fully saturated rings. The fourth-order valence-corrected chi connectivity index (χ4v) is 2.67. The van der Waals surface area contributed by atoms with Gasteiger partial charge >= 0.3 is 35.4 Å². The molecule has 0 saturated heterocycles. The van der Waals surface area contributed by atoms with Gasteiger partial charge in [0.25, 0.3) is 16.5 Å². The van der Waals surface area contributed by atoms with Gasteiger partial charge in [0.15, 0.2) is 5.25 Å². The molecule has 0 heterocycles. The standard InChI is InChI=1S/C11H10F10O8S2/c12-7(29-11(20,21)9(15,16)10(17,18)19)8(13,14)30-2-1-28-6(24)4(3-5(22)23)31(25,26)27/h4,7H,1-3H2,(H,22,23)(H,25,26,27). The van der Waals surface area contributed by atoms with Crippen molar-refractivity contribution < 1.29 is 81.0 Å². The van der Waals surface area contributed by atoms with E-state index in [4.69, 9.17) is 9.66 Å². The number of carbonyl (C=O) groups is 2. The van der Waals surface area contributed by atoms with Crippen LogP contribution < -0.4 is 0 Å². The van der Waals surface area contributed by atoms with Gasteiger partial charge in [0.2, 0.25) is 0 Å². The lowest BCUT2D eigenvalue weighted by molar-refractivity contribution is -0.446. The maximum absolute atomic E-state index is 13.3. The van der Waals surface area contributed by atoms with Crippen LogP contribution in [0.3, 0.4) is 0 Å². The first-order chi connectivity index (χ1) is 13.6. The number of hydrogen-bond donors (Lipinski definition) is 2. The van der Waals surface area contributed by atoms with Gasteiger partial charge in [0, 0.05) is 5.75 Å². The average Bonchev–Trinajstić information content (AvgIpc) is 2.53. The van der Waals surface area contributed by atoms with Crippen molar-refractivity contribution in [1.82, 2.24) is 0 Å². The number of esters is 1. The molecule has 2 atom stereocenters. The average molecular weight is 524 g/mol. The Morgan fingerprint density at radius 1 is 1.00 bits per heavy atom. The van der Waals surface area contributed by atoms with E-state index in [0.717, 1.165) is 0 Å². The Labute approximate surface area is 169 Å². The minimum Gasteiger partial charge on any atom is -0.481 e. The summed E-state index contributed by atoms with van der Waals surface area (Å²) < 4.78 is 163. The second-order valence-corrected chi connectivity index (χ2v) is 8.04. The molecular weight excluding hydrogens is 514 g/mol. The monoisotopic (exact) mass is 524 g/mol. The van der Waals surface area contributed by atoms with Crippen molar-refractivity contribution in [2.24, 2.45) is 0 Å². The van der Waals surface area contributed by atoms with Crippen LogP contribution >= 0.6 is 11.8 Å². The van der Waals surface area contributed by atoms with Gasteiger partial charge in [-0.2, -0.15) is 47.9 Å². The number of hydrogen-bond acceptors (Lipinski definition) is 7. The molecule has 2 N–H and O–H groups in total. The molecule has 0 saturated carbocycles. The van der Waals surface area contributed by atoms with Crippen LogP contribution in [0.1, 0.15) is 6.42 Å². The smallest absolute Gasteiger partial charge is 0.462 e. The first-order valence-electron chi connectivity index (χ1n) is 7.07. The van der Waals surface area contributed by atoms with Gasteiger partial charge in [0.05, 0.1) is 6.42 Å². The molecule has 0 spiro atoms. The Hall–Kier alpha value is -1.54. The maximum Gasteiger partial charge on any atom is 0.462 e. The van der Waals surface area contributed by atoms with E-state index in [1.54, 1.807) is 0 Å². The van der Waals surface area contributed by atoms with Crippen LogP contribution in [0.4, 0.5) is 43.9 Å². The molecule has 184 valence electrons. The number of carbonyl (C=O) groups excluding carboxylic acids is 1. The van der Waals surface area contributed by atoms with Crippen molar-refractivity contribution in [3.8, 4) is 0 Å². The van der Waals surface area contributed by atoms with Crippen molar-refractivity contribution in [2.45, 2.75) is 41.5 Å². The molecule has 0 aliphatic heterocycles. The quantitative estimate of drug-likeness (QED) is 0.172. The summed E-state index contributed by atoms with van der Waals surface area (Å²) in [7, 11) is -5.32. The van der Waals surface area contributed by atoms with Crippen LogP contribution in [0, 0.1) is 0 Å². The van der Waals surface area contributed by atoms with Crippen LogP contribution in [0.25, 0.3) is 0 Å². The number of aliphatic carboxylic acids is 1. The highest BCUT2D eigenvalue weighted by Gasteiger charge is 2.76. The number of carboxylic acids is 1. The molecule has 0 aromatic heterocycles. The number of ether oxygens (including phenoxy) is 2. The second-order valence-electron chi connectivity index (χ2n) is 5.20. The molecule has 20 heteroatoms. The normalized spacial score (nSPS) is 16.0. The second kappa shape index (κ2) is 9.94. The van der Waals surface area contributed by atoms with E-state index in [1.165, 1.54) is 0 Å². The molecular formula is C11H10F10O8S2. The summed E-state index contributed by atoms with van der Waals surface area (Å²) in [6.07, 6.45) is -19.9. The van der Waals surface area contributed by atoms with E-state index in [9.17, 15) is 61.9 Å². The van der Waals surface area contributed by atoms with Crippen LogP contribution in [-0.2, 0) is 29.2 Å². The molecule has 0 radical (unpaired) electrons. The number of thioether (sulfide) groups is 1. The predicted octanol–water partition coefficient (Wildman–Crippen LogP) is 2.69. The fraction of sp³-hybridized carbons (Fsp3) is 0.818. The maximum atomic E-state index is 13.3. The summed E-state index contributed by atoms with van der Waals surface area (Å²) in [5.41, 5.74) is 0. The van der Waals surface area contributed by atoms with Gasteiger partial charge in [-0.05, 0) is 0 Å². The molecule has 2 unspecified atom stereocenters. The molecule has 31 heavy (non-hydrogen) atoms. The number of rotatable bonds is 12. The van der Waals surface area contributed by atoms with Crippen molar-refractivity contribution in [2.75, 3.05) is 12.4 Å². The van der Waals surface area contributed by atoms with Crippen molar-refractivity contribution in [3.63, 3.8) is 0 Å². The third-order valence-corrected chi connectivity index (χ3v) is 4.86. The van der Waals surface area contributed by atoms with Crippen LogP contribution in [0.5, 0.6) is 0 Å². The zero-order chi connectivity index (χ0) is 25.1. The van der Waals surface area contributed by atoms with Gasteiger partial charge in [0.1, 0.15) is 6.61 Å². The van der Waals surface area contributed by atoms with Crippen molar-refractivity contribution in [3.05, 3.63) is 0 Å². The molecule has 0 amide bonds. The van der Waals surface area contributed by atoms with Gasteiger partial charge in [-0.1, -0.05) is 11.8 Å². The largest absolute Gasteiger partial charge is 0.481 e. The summed E-state index contributed by atoms with van der Waals surface area (Å²) in [6.45, 7) is -1.29. The topological polar surface area (TPSA) is 127 Å². The lowest BCUT2D eigenvalue weighted by Gasteiger charge is -2.30. The molecule has 0 aromatic rings. The summed E-state index contributed by atoms with van der Waals surface area (Å²) >= 11 is -1.08. The minimum absolute atomic E-state index is 1.08. The lowest BCUT2D eigenvalue weighted by atomic mass is 10.3. The molecule has 0 rings (SSSR count). The number of alkyl halides is 10. The summed E-state index contributed by atoms with van der Waals surface area (Å²) in [5.74, 6) is -12.2. The Balaban J connectivity index is 4.95. The molecule has 0 aliphatic carbocycles. The minimum atomic E-state index is -7.03. The van der Waals surface area contributed by atoms with Gasteiger partial charge in [-0.25, -0.2) is 4.39 Å². The fourth-order valence-electron chi connectivity index (χ4n) is 1.38. The van der Waals surface area contributed by atoms with E-state index < -0.39 is 87.7 Å². The van der Waals surface area contributed by atoms with E-state index >= 15 is 0 Å². The van der Waals surface area contributed by atoms with E-state index in [2.05, 4.69) is 9.47 Å². The van der Waals surface area contributed by atoms with E-state index in [1.807, 2.05) is 0 Å². The summed E-state index contributed by atoms with van der Waals surface area (Å²) in [6, 6.07) is 0. The highest BCUT2D eigenvalue weighted by molar-refractivity contribution is 8.00. The number of halogens is 10. The van der Waals surface area contributed by atoms with E-state index in [-0.39, 0.29) is 0 Å². The zero-order valence-electron chi connectivity index (χ0n) is 14.2. The Kier molecular flexibility index (Phi) is 9.45. The summed E-state index contributed by atoms with van der Waals surface area (Å²) in [4.78, 5) is 21.8. The first kappa shape index (κ1) is 29.5. The molecule has 0 aliphatic rings. The first-order valence-corrected chi connectivity index (χ1v) is 9.56. The van der Waals surface area contributed by atoms with Crippen molar-refractivity contribution in [1.29, 1.82) is 0 Å². The van der Waals surface area contributed by atoms with Crippen LogP contribution in [0.15, 0.2) is 0 Å². The highest BCUT2D eigenvalue weighted by atomic mass is 32.2. The summed E-state index contributed by atoms with van der Waals surface area (Å²) in [5, 5.41) is 0.531. The van der Waals surface area contributed by atoms with Crippen LogP contribution in [-0.4, -0.2) is 77.4 Å². The van der Waals surface area contributed by atoms with Crippen molar-refractivity contribution >= 4 is 33.8 Å². The zero-order valence-corrected chi connectivity index (χ0v) is 15.8. The van der Waals surface area contributed by atoms with E-state index in [0.29, 0.717) is 0 Å². The Morgan fingerprint density at radius 3 is 1.87 bits per heavy atom. The highest BCUT2D eigenvalue weighted by Crippen LogP contribution is 2.49. The van der Waals surface area contributed by atoms with Crippen LogP contribution in [0.2, 0.25) is 0 Å². The Morgan fingerprint density at radius 2 is 1.48 bits per heavy atom. The third-order valence-electron chi connectivity index (χ3n) is 2.84. The SMILES string of the molecule is O=C(O)CC(C(=O)OCCSC(F)(F)C(F)OC(F)(F)C(F)(F)C(F)(F)F)S(=O)(=O)O.